The number of hydrogen-bond acceptors (Lipinski definition) is 4. The van der Waals surface area contributed by atoms with Crippen molar-refractivity contribution in [2.75, 3.05) is 20.2 Å². The number of carbonyl (C=O) groups is 1. The summed E-state index contributed by atoms with van der Waals surface area (Å²) in [5.41, 5.74) is -0.408. The monoisotopic (exact) mass is 299 g/mol. The standard InChI is InChI=1S/C14H19F2N3O2/c1-8(2)19-6-11(12(7-19)21-3)18-14(20)13-10(16)4-9(15)5-17-13/h4-5,8,11-12H,6-7H2,1-3H3,(H,18,20)/t11-,12-/m1/s1. The summed E-state index contributed by atoms with van der Waals surface area (Å²) in [6.07, 6.45) is 0.654. The fourth-order valence-corrected chi connectivity index (χ4v) is 2.42. The molecule has 1 saturated heterocycles. The molecule has 1 aliphatic rings. The smallest absolute Gasteiger partial charge is 0.273 e. The summed E-state index contributed by atoms with van der Waals surface area (Å²) < 4.78 is 31.7. The van der Waals surface area contributed by atoms with E-state index >= 15 is 0 Å². The van der Waals surface area contributed by atoms with Crippen molar-refractivity contribution in [2.45, 2.75) is 32.0 Å². The Balaban J connectivity index is 2.08. The molecule has 116 valence electrons. The zero-order valence-corrected chi connectivity index (χ0v) is 12.3. The SMILES string of the molecule is CO[C@@H]1CN(C(C)C)C[C@H]1NC(=O)c1ncc(F)cc1F. The second kappa shape index (κ2) is 6.44. The Kier molecular flexibility index (Phi) is 4.84. The Hall–Kier alpha value is -1.60. The maximum absolute atomic E-state index is 13.6. The number of pyridine rings is 1. The summed E-state index contributed by atoms with van der Waals surface area (Å²) in [7, 11) is 1.57. The van der Waals surface area contributed by atoms with Crippen LogP contribution >= 0.6 is 0 Å². The highest BCUT2D eigenvalue weighted by Crippen LogP contribution is 2.16. The van der Waals surface area contributed by atoms with E-state index in [1.54, 1.807) is 7.11 Å². The van der Waals surface area contributed by atoms with Crippen LogP contribution in [-0.2, 0) is 4.74 Å². The lowest BCUT2D eigenvalue weighted by Crippen LogP contribution is -2.44. The van der Waals surface area contributed by atoms with E-state index in [0.717, 1.165) is 6.20 Å². The van der Waals surface area contributed by atoms with Crippen LogP contribution in [-0.4, -0.2) is 54.2 Å². The van der Waals surface area contributed by atoms with E-state index in [1.807, 2.05) is 0 Å². The molecule has 7 heteroatoms. The van der Waals surface area contributed by atoms with Gasteiger partial charge >= 0.3 is 0 Å². The zero-order valence-electron chi connectivity index (χ0n) is 12.3. The van der Waals surface area contributed by atoms with Gasteiger partial charge in [-0.05, 0) is 13.8 Å². The lowest BCUT2D eigenvalue weighted by molar-refractivity contribution is 0.0747. The van der Waals surface area contributed by atoms with Gasteiger partial charge in [-0.15, -0.1) is 0 Å². The highest BCUT2D eigenvalue weighted by Gasteiger charge is 2.35. The van der Waals surface area contributed by atoms with Gasteiger partial charge in [0.1, 0.15) is 5.82 Å². The van der Waals surface area contributed by atoms with Crippen LogP contribution in [0.4, 0.5) is 8.78 Å². The fourth-order valence-electron chi connectivity index (χ4n) is 2.42. The highest BCUT2D eigenvalue weighted by molar-refractivity contribution is 5.92. The number of likely N-dealkylation sites (tertiary alicyclic amines) is 1. The maximum atomic E-state index is 13.6. The number of amides is 1. The van der Waals surface area contributed by atoms with Crippen LogP contribution in [0.5, 0.6) is 0 Å². The summed E-state index contributed by atoms with van der Waals surface area (Å²) in [6, 6.07) is 0.714. The van der Waals surface area contributed by atoms with Gasteiger partial charge < -0.3 is 10.1 Å². The molecule has 0 aromatic carbocycles. The molecule has 1 amide bonds. The van der Waals surface area contributed by atoms with E-state index in [2.05, 4.69) is 29.0 Å². The van der Waals surface area contributed by atoms with Gasteiger partial charge in [-0.25, -0.2) is 13.8 Å². The molecule has 5 nitrogen and oxygen atoms in total. The number of ether oxygens (including phenoxy) is 1. The van der Waals surface area contributed by atoms with E-state index in [1.165, 1.54) is 0 Å². The molecule has 2 atom stereocenters. The van der Waals surface area contributed by atoms with Crippen LogP contribution in [0.3, 0.4) is 0 Å². The lowest BCUT2D eigenvalue weighted by Gasteiger charge is -2.19. The Morgan fingerprint density at radius 3 is 2.76 bits per heavy atom. The van der Waals surface area contributed by atoms with E-state index in [4.69, 9.17) is 4.74 Å². The third kappa shape index (κ3) is 3.54. The number of carbonyl (C=O) groups excluding carboxylic acids is 1. The summed E-state index contributed by atoms with van der Waals surface area (Å²) in [5.74, 6) is -2.45. The molecule has 2 rings (SSSR count). The molecule has 2 heterocycles. The van der Waals surface area contributed by atoms with Crippen molar-refractivity contribution in [1.82, 2.24) is 15.2 Å². The number of hydrogen-bond donors (Lipinski definition) is 1. The molecule has 0 bridgehead atoms. The number of nitrogens with one attached hydrogen (secondary N) is 1. The Bertz CT molecular complexity index is 525. The van der Waals surface area contributed by atoms with Gasteiger partial charge in [0.15, 0.2) is 11.5 Å². The maximum Gasteiger partial charge on any atom is 0.273 e. The molecular formula is C14H19F2N3O2. The van der Waals surface area contributed by atoms with Crippen molar-refractivity contribution >= 4 is 5.91 Å². The third-order valence-electron chi connectivity index (χ3n) is 3.67. The minimum Gasteiger partial charge on any atom is -0.378 e. The van der Waals surface area contributed by atoms with Gasteiger partial charge in [-0.1, -0.05) is 0 Å². The van der Waals surface area contributed by atoms with E-state index < -0.39 is 23.2 Å². The summed E-state index contributed by atoms with van der Waals surface area (Å²) in [6.45, 7) is 5.42. The van der Waals surface area contributed by atoms with E-state index in [9.17, 15) is 13.6 Å². The second-order valence-electron chi connectivity index (χ2n) is 5.39. The molecule has 0 spiro atoms. The van der Waals surface area contributed by atoms with E-state index in [0.29, 0.717) is 25.2 Å². The number of rotatable bonds is 4. The molecular weight excluding hydrogens is 280 g/mol. The first kappa shape index (κ1) is 15.8. The molecule has 0 aliphatic carbocycles. The Morgan fingerprint density at radius 2 is 2.19 bits per heavy atom. The summed E-state index contributed by atoms with van der Waals surface area (Å²) >= 11 is 0. The average molecular weight is 299 g/mol. The molecule has 21 heavy (non-hydrogen) atoms. The highest BCUT2D eigenvalue weighted by atomic mass is 19.1. The molecule has 1 fully saturated rings. The molecule has 1 N–H and O–H groups in total. The minimum absolute atomic E-state index is 0.167. The zero-order chi connectivity index (χ0) is 15.6. The van der Waals surface area contributed by atoms with Crippen molar-refractivity contribution in [3.05, 3.63) is 29.6 Å². The molecule has 0 unspecified atom stereocenters. The summed E-state index contributed by atoms with van der Waals surface area (Å²) in [4.78, 5) is 17.7. The largest absolute Gasteiger partial charge is 0.378 e. The summed E-state index contributed by atoms with van der Waals surface area (Å²) in [5, 5.41) is 2.71. The molecule has 0 saturated carbocycles. The number of halogens is 2. The predicted molar refractivity (Wildman–Crippen MR) is 72.9 cm³/mol. The normalized spacial score (nSPS) is 22.8. The van der Waals surface area contributed by atoms with Crippen molar-refractivity contribution < 1.29 is 18.3 Å². The van der Waals surface area contributed by atoms with Crippen LogP contribution < -0.4 is 5.32 Å². The van der Waals surface area contributed by atoms with Crippen molar-refractivity contribution in [2.24, 2.45) is 0 Å². The van der Waals surface area contributed by atoms with Crippen molar-refractivity contribution in [3.8, 4) is 0 Å². The molecule has 1 aliphatic heterocycles. The second-order valence-corrected chi connectivity index (χ2v) is 5.39. The average Bonchev–Trinajstić information content (AvgIpc) is 2.81. The third-order valence-corrected chi connectivity index (χ3v) is 3.67. The van der Waals surface area contributed by atoms with Gasteiger partial charge in [0.25, 0.3) is 5.91 Å². The van der Waals surface area contributed by atoms with E-state index in [-0.39, 0.29) is 12.1 Å². The van der Waals surface area contributed by atoms with Crippen LogP contribution in [0.1, 0.15) is 24.3 Å². The number of nitrogens with zero attached hydrogens (tertiary/aromatic N) is 2. The number of methoxy groups -OCH3 is 1. The minimum atomic E-state index is -0.972. The Labute approximate surface area is 122 Å². The van der Waals surface area contributed by atoms with Gasteiger partial charge in [0.2, 0.25) is 0 Å². The van der Waals surface area contributed by atoms with Gasteiger partial charge in [0.05, 0.1) is 18.3 Å². The number of aromatic nitrogens is 1. The first-order valence-corrected chi connectivity index (χ1v) is 6.81. The lowest BCUT2D eigenvalue weighted by atomic mass is 10.2. The first-order chi connectivity index (χ1) is 9.92. The van der Waals surface area contributed by atoms with Crippen LogP contribution in [0.25, 0.3) is 0 Å². The van der Waals surface area contributed by atoms with Crippen LogP contribution in [0.15, 0.2) is 12.3 Å². The topological polar surface area (TPSA) is 54.5 Å². The van der Waals surface area contributed by atoms with Crippen LogP contribution in [0.2, 0.25) is 0 Å². The quantitative estimate of drug-likeness (QED) is 0.907. The Morgan fingerprint density at radius 1 is 1.48 bits per heavy atom. The van der Waals surface area contributed by atoms with Gasteiger partial charge in [0, 0.05) is 32.3 Å². The van der Waals surface area contributed by atoms with Crippen LogP contribution in [0, 0.1) is 11.6 Å². The van der Waals surface area contributed by atoms with Gasteiger partial charge in [-0.2, -0.15) is 0 Å². The molecule has 1 aromatic heterocycles. The van der Waals surface area contributed by atoms with Crippen molar-refractivity contribution in [3.63, 3.8) is 0 Å². The predicted octanol–water partition coefficient (Wildman–Crippen LogP) is 1.20. The first-order valence-electron chi connectivity index (χ1n) is 6.81. The van der Waals surface area contributed by atoms with Crippen molar-refractivity contribution in [1.29, 1.82) is 0 Å². The molecule has 1 aromatic rings. The molecule has 0 radical (unpaired) electrons. The fraction of sp³-hybridized carbons (Fsp3) is 0.571. The van der Waals surface area contributed by atoms with Gasteiger partial charge in [-0.3, -0.25) is 9.69 Å².